The van der Waals surface area contributed by atoms with E-state index in [1.165, 1.54) is 61.1 Å². The van der Waals surface area contributed by atoms with Gasteiger partial charge in [0.2, 0.25) is 0 Å². The van der Waals surface area contributed by atoms with Crippen LogP contribution in [0.1, 0.15) is 95.2 Å². The summed E-state index contributed by atoms with van der Waals surface area (Å²) in [6, 6.07) is 68.5. The average Bonchev–Trinajstić information content (AvgIpc) is 1.22. The summed E-state index contributed by atoms with van der Waals surface area (Å²) in [7, 11) is -12.0. The number of rotatable bonds is 24. The van der Waals surface area contributed by atoms with E-state index in [4.69, 9.17) is 44.2 Å². The molecule has 606 valence electrons. The van der Waals surface area contributed by atoms with Crippen molar-refractivity contribution in [1.29, 1.82) is 21.0 Å². The molecule has 12 aromatic rings. The minimum absolute atomic E-state index is 0. The van der Waals surface area contributed by atoms with Crippen LogP contribution in [0.15, 0.2) is 241 Å². The molecule has 0 spiro atoms. The van der Waals surface area contributed by atoms with E-state index in [0.717, 1.165) is 34.2 Å². The fraction of sp³-hybridized carbons (Fsp3) is 0.216. The van der Waals surface area contributed by atoms with Crippen LogP contribution in [0.2, 0.25) is 0 Å². The van der Waals surface area contributed by atoms with Gasteiger partial charge in [-0.05, 0) is 44.9 Å². The molecule has 0 amide bonds. The Hall–Kier alpha value is -12.4. The number of aromatic nitrogens is 18. The monoisotopic (exact) mass is 1720 g/mol. The molecule has 6 heterocycles. The van der Waals surface area contributed by atoms with Gasteiger partial charge in [0, 0.05) is 67.0 Å². The minimum Gasteiger partial charge on any atom is -0.869 e. The first-order chi connectivity index (χ1) is 54.6. The van der Waals surface area contributed by atoms with Crippen LogP contribution >= 0.6 is 23.2 Å². The van der Waals surface area contributed by atoms with E-state index in [2.05, 4.69) is 144 Å². The Bertz CT molecular complexity index is 4320. The van der Waals surface area contributed by atoms with E-state index >= 15 is 0 Å². The molecule has 0 atom stereocenters. The molecular formula is C74H72B2Cl2Co2F8N24O4. The van der Waals surface area contributed by atoms with Crippen LogP contribution in [0, 0.1) is 45.3 Å². The molecular weight excluding hydrogens is 1650 g/mol. The second-order valence-electron chi connectivity index (χ2n) is 23.5. The number of halogens is 10. The van der Waals surface area contributed by atoms with Gasteiger partial charge in [-0.15, -0.1) is 30.6 Å². The summed E-state index contributed by atoms with van der Waals surface area (Å²) in [6.45, 7) is 13.3. The van der Waals surface area contributed by atoms with Gasteiger partial charge < -0.3 is 44.7 Å². The van der Waals surface area contributed by atoms with Crippen molar-refractivity contribution in [1.82, 2.24) is 99.8 Å². The van der Waals surface area contributed by atoms with E-state index in [9.17, 15) is 54.3 Å². The van der Waals surface area contributed by atoms with Gasteiger partial charge in [0.1, 0.15) is 0 Å². The average molecular weight is 1720 g/mol. The maximum absolute atomic E-state index is 10.7. The first kappa shape index (κ1) is 97.8. The second-order valence-corrected chi connectivity index (χ2v) is 24.2. The number of carbonyl (C=O) groups is 2. The van der Waals surface area contributed by atoms with Crippen molar-refractivity contribution in [2.45, 2.75) is 106 Å². The molecule has 13 rings (SSSR count). The van der Waals surface area contributed by atoms with Gasteiger partial charge in [-0.1, -0.05) is 236 Å². The Labute approximate surface area is 692 Å². The molecule has 0 fully saturated rings. The van der Waals surface area contributed by atoms with E-state index < -0.39 is 47.7 Å². The number of carbonyl (C=O) groups excluding carboxylic acids is 2. The maximum atomic E-state index is 10.7. The van der Waals surface area contributed by atoms with Gasteiger partial charge in [0.25, 0.3) is 0 Å². The SMILES string of the molecule is CC#N.CC#N.CC#N.CC#N.F[B-](F)(F)F.F[B-](F)(F)F.O=C1C([O-])=C(Cl)C(=O)C([O-])=C1Cl.[Co+2].[Co+2].c1ccc(Cn2cc(CN(Cc3cn(Cc4ccccc4)nn3)Cc3cn(Cc4ccccc4)nn3)nn2)cc1.c1ccc(Cn2cc(CN(Cc3cn(Cc4ccccc4)nn3)Cc3cn(Cc4ccccc4)nn3)nn2)cc1. The van der Waals surface area contributed by atoms with Crippen molar-refractivity contribution in [3.8, 4) is 24.3 Å². The van der Waals surface area contributed by atoms with E-state index in [-0.39, 0.29) is 33.6 Å². The number of hydrogen-bond acceptors (Lipinski definition) is 22. The normalized spacial score (nSPS) is 11.1. The third kappa shape index (κ3) is 39.4. The molecule has 0 aliphatic heterocycles. The van der Waals surface area contributed by atoms with Crippen LogP contribution in [0.4, 0.5) is 34.5 Å². The molecule has 1 aliphatic rings. The summed E-state index contributed by atoms with van der Waals surface area (Å²) in [4.78, 5) is 25.9. The third-order valence-electron chi connectivity index (χ3n) is 14.2. The maximum Gasteiger partial charge on any atom is 2.00 e. The number of Topliss-reactive ketones (excluding diaryl/α,β-unsaturated/α-hetero) is 2. The van der Waals surface area contributed by atoms with Gasteiger partial charge in [-0.2, -0.15) is 21.0 Å². The van der Waals surface area contributed by atoms with Crippen LogP contribution in [-0.4, -0.2) is 126 Å². The topological polar surface area (TPSA) is 366 Å². The molecule has 0 bridgehead atoms. The van der Waals surface area contributed by atoms with Crippen LogP contribution < -0.4 is 10.2 Å². The first-order valence-corrected chi connectivity index (χ1v) is 34.6. The zero-order chi connectivity index (χ0) is 83.3. The van der Waals surface area contributed by atoms with Crippen LogP contribution in [-0.2, 0) is 122 Å². The van der Waals surface area contributed by atoms with Gasteiger partial charge in [-0.3, -0.25) is 19.4 Å². The van der Waals surface area contributed by atoms with Gasteiger partial charge in [0.15, 0.2) is 11.6 Å². The molecule has 0 N–H and O–H groups in total. The Morgan fingerprint density at radius 3 is 0.578 bits per heavy atom. The number of nitriles is 4. The van der Waals surface area contributed by atoms with E-state index in [0.29, 0.717) is 78.5 Å². The molecule has 2 radical (unpaired) electrons. The van der Waals surface area contributed by atoms with Gasteiger partial charge >= 0.3 is 48.1 Å². The molecule has 6 aromatic carbocycles. The van der Waals surface area contributed by atoms with Gasteiger partial charge in [0.05, 0.1) is 145 Å². The smallest absolute Gasteiger partial charge is 0.869 e. The molecule has 0 saturated heterocycles. The van der Waals surface area contributed by atoms with Crippen LogP contribution in [0.25, 0.3) is 0 Å². The quantitative estimate of drug-likeness (QED) is 0.0308. The zero-order valence-corrected chi connectivity index (χ0v) is 65.8. The molecule has 42 heteroatoms. The number of nitrogens with zero attached hydrogens (tertiary/aromatic N) is 24. The fourth-order valence-electron chi connectivity index (χ4n) is 9.87. The zero-order valence-electron chi connectivity index (χ0n) is 62.2. The number of hydrogen-bond donors (Lipinski definition) is 0. The third-order valence-corrected chi connectivity index (χ3v) is 14.9. The van der Waals surface area contributed by atoms with Crippen molar-refractivity contribution >= 4 is 49.3 Å². The Balaban J connectivity index is 0.000000426. The summed E-state index contributed by atoms with van der Waals surface area (Å²) in [6.07, 6.45) is 12.0. The van der Waals surface area contributed by atoms with E-state index in [1.54, 1.807) is 24.3 Å². The van der Waals surface area contributed by atoms with Gasteiger partial charge in [-0.25, -0.2) is 28.1 Å². The van der Waals surface area contributed by atoms with Crippen molar-refractivity contribution in [2.75, 3.05) is 0 Å². The molecule has 0 saturated carbocycles. The summed E-state index contributed by atoms with van der Waals surface area (Å²) in [5.74, 6) is -4.92. The summed E-state index contributed by atoms with van der Waals surface area (Å²) < 4.78 is 89.2. The predicted octanol–water partition coefficient (Wildman–Crippen LogP) is 11.1. The Morgan fingerprint density at radius 2 is 0.448 bits per heavy atom. The molecule has 28 nitrogen and oxygen atoms in total. The second kappa shape index (κ2) is 52.8. The predicted molar refractivity (Wildman–Crippen MR) is 401 cm³/mol. The van der Waals surface area contributed by atoms with E-state index in [1.807, 2.05) is 174 Å². The minimum atomic E-state index is -6.00. The number of benzene rings is 6. The Kier molecular flexibility index (Phi) is 44.6. The summed E-state index contributed by atoms with van der Waals surface area (Å²) in [5, 5.41) is 102. The molecule has 1 aliphatic carbocycles. The van der Waals surface area contributed by atoms with Crippen LogP contribution in [0.5, 0.6) is 0 Å². The summed E-state index contributed by atoms with van der Waals surface area (Å²) in [5.41, 5.74) is 12.4. The first-order valence-electron chi connectivity index (χ1n) is 33.9. The standard InChI is InChI=1S/2C30H30N10.C6H2Cl2O4.4C2H3N.2BF4.2Co/c2*1-4-10-25(11-5-1)16-38-22-28(31-34-38)19-37(20-29-23-39(35-32-29)17-26-12-6-2-7-13-26)21-30-24-40(36-33-30)18-27-14-8-3-9-15-27;7-1-3(9)5(11)2(8)6(12)4(1)10;4*1-2-3;2*2-1(3,4)5;;/h2*1-15,22-24H,16-21H2;9,12H;4*1H3;;;;/q;;;;;;;2*-1;2*+2/p-2. The van der Waals surface area contributed by atoms with Crippen LogP contribution in [0.3, 0.4) is 0 Å². The van der Waals surface area contributed by atoms with Crippen molar-refractivity contribution in [2.24, 2.45) is 0 Å². The molecule has 116 heavy (non-hydrogen) atoms. The van der Waals surface area contributed by atoms with Crippen molar-refractivity contribution in [3.63, 3.8) is 0 Å². The van der Waals surface area contributed by atoms with Crippen molar-refractivity contribution < 1.29 is 87.9 Å². The largest absolute Gasteiger partial charge is 2.00 e. The molecule has 6 aromatic heterocycles. The number of allylic oxidation sites excluding steroid dienone is 2. The number of ketones is 2. The molecule has 0 unspecified atom stereocenters. The van der Waals surface area contributed by atoms with Crippen molar-refractivity contribution in [3.05, 3.63) is 308 Å². The fourth-order valence-corrected chi connectivity index (χ4v) is 10.2. The summed E-state index contributed by atoms with van der Waals surface area (Å²) >= 11 is 10.2. The Morgan fingerprint density at radius 1 is 0.319 bits per heavy atom.